The van der Waals surface area contributed by atoms with Crippen LogP contribution in [0, 0.1) is 0 Å². The molecule has 2 aliphatic heterocycles. The SMILES string of the molecule is OC1CCN(c2ccnc(N3CCN(Cc4cccc5[nH]ccc45)CC3)n2)C1. The maximum atomic E-state index is 9.78. The van der Waals surface area contributed by atoms with E-state index < -0.39 is 0 Å². The molecule has 0 saturated carbocycles. The summed E-state index contributed by atoms with van der Waals surface area (Å²) in [5.74, 6) is 1.72. The molecule has 0 bridgehead atoms. The van der Waals surface area contributed by atoms with Gasteiger partial charge in [-0.2, -0.15) is 4.98 Å². The normalized spacial score (nSPS) is 21.0. The van der Waals surface area contributed by atoms with Gasteiger partial charge in [-0.25, -0.2) is 4.98 Å². The van der Waals surface area contributed by atoms with Gasteiger partial charge < -0.3 is 19.9 Å². The zero-order valence-electron chi connectivity index (χ0n) is 16.0. The number of fused-ring (bicyclic) bond motifs is 1. The number of rotatable bonds is 4. The molecule has 0 aliphatic carbocycles. The van der Waals surface area contributed by atoms with Crippen molar-refractivity contribution >= 4 is 22.7 Å². The summed E-state index contributed by atoms with van der Waals surface area (Å²) in [4.78, 5) is 19.5. The second-order valence-electron chi connectivity index (χ2n) is 7.72. The van der Waals surface area contributed by atoms with E-state index in [1.54, 1.807) is 0 Å². The van der Waals surface area contributed by atoms with E-state index >= 15 is 0 Å². The van der Waals surface area contributed by atoms with Crippen LogP contribution in [0.4, 0.5) is 11.8 Å². The molecule has 7 heteroatoms. The van der Waals surface area contributed by atoms with Crippen LogP contribution < -0.4 is 9.80 Å². The quantitative estimate of drug-likeness (QED) is 0.722. The van der Waals surface area contributed by atoms with Gasteiger partial charge in [0.2, 0.25) is 5.95 Å². The number of nitrogens with zero attached hydrogens (tertiary/aromatic N) is 5. The molecule has 3 aromatic rings. The number of aliphatic hydroxyl groups is 1. The van der Waals surface area contributed by atoms with E-state index in [2.05, 4.69) is 48.9 Å². The summed E-state index contributed by atoms with van der Waals surface area (Å²) in [5, 5.41) is 11.1. The van der Waals surface area contributed by atoms with Crippen molar-refractivity contribution in [3.63, 3.8) is 0 Å². The molecule has 2 fully saturated rings. The Hall–Kier alpha value is -2.64. The molecule has 5 rings (SSSR count). The second-order valence-corrected chi connectivity index (χ2v) is 7.72. The Morgan fingerprint density at radius 3 is 2.75 bits per heavy atom. The Morgan fingerprint density at radius 1 is 1.04 bits per heavy atom. The molecular weight excluding hydrogens is 352 g/mol. The second kappa shape index (κ2) is 7.41. The molecule has 1 aromatic carbocycles. The average molecular weight is 378 g/mol. The Labute approximate surface area is 164 Å². The number of aliphatic hydroxyl groups excluding tert-OH is 1. The monoisotopic (exact) mass is 378 g/mol. The number of anilines is 2. The summed E-state index contributed by atoms with van der Waals surface area (Å²) < 4.78 is 0. The lowest BCUT2D eigenvalue weighted by Gasteiger charge is -2.35. The van der Waals surface area contributed by atoms with Gasteiger partial charge in [0, 0.05) is 69.1 Å². The third kappa shape index (κ3) is 3.43. The molecule has 0 radical (unpaired) electrons. The predicted octanol–water partition coefficient (Wildman–Crippen LogP) is 1.85. The summed E-state index contributed by atoms with van der Waals surface area (Å²) in [6.45, 7) is 6.33. The summed E-state index contributed by atoms with van der Waals surface area (Å²) in [7, 11) is 0. The first-order chi connectivity index (χ1) is 13.8. The number of β-amino-alcohol motifs (C(OH)–C–C–N with tert-alkyl or cyclic N) is 1. The van der Waals surface area contributed by atoms with Gasteiger partial charge in [-0.3, -0.25) is 4.90 Å². The van der Waals surface area contributed by atoms with Crippen molar-refractivity contribution in [1.82, 2.24) is 19.9 Å². The highest BCUT2D eigenvalue weighted by Gasteiger charge is 2.24. The molecule has 146 valence electrons. The molecule has 7 nitrogen and oxygen atoms in total. The first kappa shape index (κ1) is 17.5. The summed E-state index contributed by atoms with van der Waals surface area (Å²) in [5.41, 5.74) is 2.58. The molecule has 1 unspecified atom stereocenters. The highest BCUT2D eigenvalue weighted by Crippen LogP contribution is 2.22. The largest absolute Gasteiger partial charge is 0.391 e. The van der Waals surface area contributed by atoms with E-state index in [1.165, 1.54) is 16.5 Å². The molecule has 1 atom stereocenters. The fourth-order valence-electron chi connectivity index (χ4n) is 4.25. The van der Waals surface area contributed by atoms with E-state index in [1.807, 2.05) is 18.5 Å². The fraction of sp³-hybridized carbons (Fsp3) is 0.429. The van der Waals surface area contributed by atoms with Gasteiger partial charge in [0.1, 0.15) is 5.82 Å². The van der Waals surface area contributed by atoms with Gasteiger partial charge >= 0.3 is 0 Å². The first-order valence-electron chi connectivity index (χ1n) is 10.0. The zero-order chi connectivity index (χ0) is 18.9. The number of H-pyrrole nitrogens is 1. The van der Waals surface area contributed by atoms with E-state index in [0.29, 0.717) is 6.54 Å². The topological polar surface area (TPSA) is 71.5 Å². The van der Waals surface area contributed by atoms with Crippen LogP contribution in [0.25, 0.3) is 10.9 Å². The van der Waals surface area contributed by atoms with Gasteiger partial charge in [0.15, 0.2) is 0 Å². The van der Waals surface area contributed by atoms with Crippen molar-refractivity contribution in [1.29, 1.82) is 0 Å². The molecule has 0 spiro atoms. The van der Waals surface area contributed by atoms with Gasteiger partial charge in [0.25, 0.3) is 0 Å². The van der Waals surface area contributed by atoms with Crippen LogP contribution in [0.1, 0.15) is 12.0 Å². The molecule has 4 heterocycles. The number of benzene rings is 1. The third-order valence-electron chi connectivity index (χ3n) is 5.85. The van der Waals surface area contributed by atoms with Crippen molar-refractivity contribution in [2.24, 2.45) is 0 Å². The average Bonchev–Trinajstić information content (AvgIpc) is 3.38. The van der Waals surface area contributed by atoms with Crippen molar-refractivity contribution in [2.75, 3.05) is 49.1 Å². The van der Waals surface area contributed by atoms with Crippen LogP contribution in [-0.4, -0.2) is 70.3 Å². The van der Waals surface area contributed by atoms with Crippen LogP contribution in [0.15, 0.2) is 42.7 Å². The summed E-state index contributed by atoms with van der Waals surface area (Å²) in [6, 6.07) is 10.6. The smallest absolute Gasteiger partial charge is 0.227 e. The number of hydrogen-bond acceptors (Lipinski definition) is 6. The fourth-order valence-corrected chi connectivity index (χ4v) is 4.25. The van der Waals surface area contributed by atoms with Crippen LogP contribution in [0.5, 0.6) is 0 Å². The lowest BCUT2D eigenvalue weighted by molar-refractivity contribution is 0.198. The van der Waals surface area contributed by atoms with E-state index in [0.717, 1.165) is 57.5 Å². The summed E-state index contributed by atoms with van der Waals surface area (Å²) in [6.07, 6.45) is 4.41. The van der Waals surface area contributed by atoms with Crippen molar-refractivity contribution in [2.45, 2.75) is 19.1 Å². The van der Waals surface area contributed by atoms with Crippen LogP contribution in [0.3, 0.4) is 0 Å². The highest BCUT2D eigenvalue weighted by molar-refractivity contribution is 5.82. The lowest BCUT2D eigenvalue weighted by Crippen LogP contribution is -2.46. The Balaban J connectivity index is 1.23. The lowest BCUT2D eigenvalue weighted by atomic mass is 10.1. The molecule has 0 amide bonds. The molecule has 2 aromatic heterocycles. The third-order valence-corrected chi connectivity index (χ3v) is 5.85. The number of aromatic amines is 1. The number of piperazine rings is 1. The van der Waals surface area contributed by atoms with Gasteiger partial charge in [-0.1, -0.05) is 12.1 Å². The maximum Gasteiger partial charge on any atom is 0.227 e. The van der Waals surface area contributed by atoms with Gasteiger partial charge in [0.05, 0.1) is 6.10 Å². The minimum Gasteiger partial charge on any atom is -0.391 e. The van der Waals surface area contributed by atoms with E-state index in [4.69, 9.17) is 4.98 Å². The Morgan fingerprint density at radius 2 is 1.93 bits per heavy atom. The highest BCUT2D eigenvalue weighted by atomic mass is 16.3. The van der Waals surface area contributed by atoms with E-state index in [9.17, 15) is 5.11 Å². The standard InChI is InChI=1S/C21H26N6O/c28-17-6-9-27(15-17)20-5-8-23-21(24-20)26-12-10-25(11-13-26)14-16-2-1-3-19-18(16)4-7-22-19/h1-5,7-8,17,22,28H,6,9-15H2. The minimum absolute atomic E-state index is 0.244. The number of aromatic nitrogens is 3. The van der Waals surface area contributed by atoms with Crippen molar-refractivity contribution in [3.8, 4) is 0 Å². The van der Waals surface area contributed by atoms with E-state index in [-0.39, 0.29) is 6.10 Å². The first-order valence-corrected chi connectivity index (χ1v) is 10.0. The van der Waals surface area contributed by atoms with Crippen LogP contribution in [-0.2, 0) is 6.54 Å². The zero-order valence-corrected chi connectivity index (χ0v) is 16.0. The van der Waals surface area contributed by atoms with Crippen molar-refractivity contribution < 1.29 is 5.11 Å². The van der Waals surface area contributed by atoms with Gasteiger partial charge in [-0.15, -0.1) is 0 Å². The molecule has 28 heavy (non-hydrogen) atoms. The molecule has 2 saturated heterocycles. The minimum atomic E-state index is -0.244. The van der Waals surface area contributed by atoms with Gasteiger partial charge in [-0.05, 0) is 30.2 Å². The predicted molar refractivity (Wildman–Crippen MR) is 111 cm³/mol. The molecule has 2 aliphatic rings. The number of nitrogens with one attached hydrogen (secondary N) is 1. The molecule has 2 N–H and O–H groups in total. The van der Waals surface area contributed by atoms with Crippen molar-refractivity contribution in [3.05, 3.63) is 48.3 Å². The number of hydrogen-bond donors (Lipinski definition) is 2. The maximum absolute atomic E-state index is 9.78. The molecular formula is C21H26N6O. The summed E-state index contributed by atoms with van der Waals surface area (Å²) >= 11 is 0. The Bertz CT molecular complexity index is 949. The van der Waals surface area contributed by atoms with Crippen LogP contribution in [0.2, 0.25) is 0 Å². The van der Waals surface area contributed by atoms with Crippen LogP contribution >= 0.6 is 0 Å². The Kier molecular flexibility index (Phi) is 4.62.